The Morgan fingerprint density at radius 2 is 2.53 bits per heavy atom. The monoisotopic (exact) mass is 300 g/mol. The summed E-state index contributed by atoms with van der Waals surface area (Å²) in [4.78, 5) is 18.4. The molecule has 0 spiro atoms. The number of pyridine rings is 1. The molecule has 19 heavy (non-hydrogen) atoms. The predicted octanol–water partition coefficient (Wildman–Crippen LogP) is 2.33. The Balaban J connectivity index is 2.17. The molecule has 2 rings (SSSR count). The first-order valence-corrected chi connectivity index (χ1v) is 7.74. The maximum Gasteiger partial charge on any atom is 0.255 e. The summed E-state index contributed by atoms with van der Waals surface area (Å²) in [5.41, 5.74) is 0.518. The van der Waals surface area contributed by atoms with E-state index in [0.717, 1.165) is 17.9 Å². The minimum absolute atomic E-state index is 0.0306. The minimum atomic E-state index is -0.0306. The molecule has 0 saturated carbocycles. The molecule has 1 saturated heterocycles. The van der Waals surface area contributed by atoms with Gasteiger partial charge in [-0.25, -0.2) is 0 Å². The first-order valence-electron chi connectivity index (χ1n) is 6.21. The molecule has 6 heteroatoms. The maximum absolute atomic E-state index is 12.6. The second kappa shape index (κ2) is 7.12. The molecule has 0 N–H and O–H groups in total. The van der Waals surface area contributed by atoms with E-state index in [0.29, 0.717) is 23.7 Å². The fraction of sp³-hybridized carbons (Fsp3) is 0.538. The number of ether oxygens (including phenoxy) is 1. The van der Waals surface area contributed by atoms with E-state index in [4.69, 9.17) is 16.3 Å². The first kappa shape index (κ1) is 14.6. The summed E-state index contributed by atoms with van der Waals surface area (Å²) in [6.07, 6.45) is 4.13. The van der Waals surface area contributed by atoms with Crippen molar-refractivity contribution >= 4 is 29.3 Å². The van der Waals surface area contributed by atoms with Crippen LogP contribution in [0.15, 0.2) is 18.5 Å². The van der Waals surface area contributed by atoms with Crippen LogP contribution >= 0.6 is 23.4 Å². The number of carbonyl (C=O) groups excluding carboxylic acids is 1. The Morgan fingerprint density at radius 3 is 3.16 bits per heavy atom. The maximum atomic E-state index is 12.6. The summed E-state index contributed by atoms with van der Waals surface area (Å²) < 4.78 is 5.10. The van der Waals surface area contributed by atoms with Gasteiger partial charge in [-0.15, -0.1) is 0 Å². The standard InChI is InChI=1S/C13H17ClN2O2S/c1-18-6-5-16(10-3-7-19-9-10)13(17)11-2-4-15-8-12(11)14/h2,4,8,10H,3,5-7,9H2,1H3. The van der Waals surface area contributed by atoms with Crippen molar-refractivity contribution < 1.29 is 9.53 Å². The van der Waals surface area contributed by atoms with Gasteiger partial charge >= 0.3 is 0 Å². The molecule has 0 bridgehead atoms. The fourth-order valence-electron chi connectivity index (χ4n) is 2.11. The second-order valence-corrected chi connectivity index (χ2v) is 5.92. The van der Waals surface area contributed by atoms with Crippen LogP contribution in [0.1, 0.15) is 16.8 Å². The van der Waals surface area contributed by atoms with Crippen molar-refractivity contribution in [1.29, 1.82) is 0 Å². The van der Waals surface area contributed by atoms with E-state index in [9.17, 15) is 4.79 Å². The van der Waals surface area contributed by atoms with E-state index in [2.05, 4.69) is 4.98 Å². The molecule has 1 fully saturated rings. The summed E-state index contributed by atoms with van der Waals surface area (Å²) >= 11 is 7.94. The highest BCUT2D eigenvalue weighted by Crippen LogP contribution is 2.25. The van der Waals surface area contributed by atoms with Crippen LogP contribution in [0.25, 0.3) is 0 Å². The molecule has 2 heterocycles. The Labute approximate surface area is 122 Å². The van der Waals surface area contributed by atoms with Gasteiger partial charge in [-0.3, -0.25) is 9.78 Å². The number of halogens is 1. The zero-order chi connectivity index (χ0) is 13.7. The average Bonchev–Trinajstić information content (AvgIpc) is 2.93. The van der Waals surface area contributed by atoms with E-state index in [1.54, 1.807) is 19.4 Å². The highest BCUT2D eigenvalue weighted by Gasteiger charge is 2.28. The van der Waals surface area contributed by atoms with Crippen molar-refractivity contribution in [2.45, 2.75) is 12.5 Å². The molecule has 1 aromatic rings. The largest absolute Gasteiger partial charge is 0.383 e. The van der Waals surface area contributed by atoms with Crippen molar-refractivity contribution in [1.82, 2.24) is 9.88 Å². The second-order valence-electron chi connectivity index (χ2n) is 4.36. The minimum Gasteiger partial charge on any atom is -0.383 e. The highest BCUT2D eigenvalue weighted by molar-refractivity contribution is 7.99. The lowest BCUT2D eigenvalue weighted by atomic mass is 10.1. The van der Waals surface area contributed by atoms with E-state index >= 15 is 0 Å². The van der Waals surface area contributed by atoms with Gasteiger partial charge in [-0.1, -0.05) is 11.6 Å². The molecule has 4 nitrogen and oxygen atoms in total. The third kappa shape index (κ3) is 3.61. The molecule has 104 valence electrons. The normalized spacial score (nSPS) is 18.5. The number of rotatable bonds is 5. The van der Waals surface area contributed by atoms with Crippen LogP contribution in [0.5, 0.6) is 0 Å². The van der Waals surface area contributed by atoms with Crippen molar-refractivity contribution in [3.05, 3.63) is 29.0 Å². The number of carbonyl (C=O) groups is 1. The van der Waals surface area contributed by atoms with Crippen LogP contribution in [-0.2, 0) is 4.74 Å². The van der Waals surface area contributed by atoms with Gasteiger partial charge in [0, 0.05) is 37.8 Å². The number of amides is 1. The van der Waals surface area contributed by atoms with Crippen molar-refractivity contribution in [3.8, 4) is 0 Å². The SMILES string of the molecule is COCCN(C(=O)c1ccncc1Cl)C1CCSC1. The van der Waals surface area contributed by atoms with Gasteiger partial charge in [-0.2, -0.15) is 11.8 Å². The Morgan fingerprint density at radius 1 is 1.68 bits per heavy atom. The fourth-order valence-corrected chi connectivity index (χ4v) is 3.54. The zero-order valence-electron chi connectivity index (χ0n) is 10.8. The van der Waals surface area contributed by atoms with Crippen LogP contribution in [0.2, 0.25) is 5.02 Å². The van der Waals surface area contributed by atoms with Gasteiger partial charge in [-0.05, 0) is 18.2 Å². The van der Waals surface area contributed by atoms with Crippen LogP contribution in [0.4, 0.5) is 0 Å². The Kier molecular flexibility index (Phi) is 5.48. The van der Waals surface area contributed by atoms with Gasteiger partial charge in [0.05, 0.1) is 17.2 Å². The molecule has 0 radical (unpaired) electrons. The number of hydrogen-bond donors (Lipinski definition) is 0. The third-order valence-corrected chi connectivity index (χ3v) is 4.59. The Bertz CT molecular complexity index is 438. The smallest absolute Gasteiger partial charge is 0.255 e. The van der Waals surface area contributed by atoms with Crippen LogP contribution in [0.3, 0.4) is 0 Å². The van der Waals surface area contributed by atoms with Gasteiger partial charge in [0.2, 0.25) is 0 Å². The van der Waals surface area contributed by atoms with Crippen molar-refractivity contribution in [2.24, 2.45) is 0 Å². The van der Waals surface area contributed by atoms with Crippen LogP contribution in [0, 0.1) is 0 Å². The molecular weight excluding hydrogens is 284 g/mol. The molecule has 1 aromatic heterocycles. The van der Waals surface area contributed by atoms with E-state index in [-0.39, 0.29) is 11.9 Å². The predicted molar refractivity (Wildman–Crippen MR) is 77.9 cm³/mol. The molecule has 0 aliphatic carbocycles. The van der Waals surface area contributed by atoms with Gasteiger partial charge in [0.25, 0.3) is 5.91 Å². The lowest BCUT2D eigenvalue weighted by Gasteiger charge is -2.28. The number of aromatic nitrogens is 1. The van der Waals surface area contributed by atoms with E-state index < -0.39 is 0 Å². The zero-order valence-corrected chi connectivity index (χ0v) is 12.4. The van der Waals surface area contributed by atoms with E-state index in [1.807, 2.05) is 16.7 Å². The number of nitrogens with zero attached hydrogens (tertiary/aromatic N) is 2. The molecule has 1 unspecified atom stereocenters. The molecular formula is C13H17ClN2O2S. The average molecular weight is 301 g/mol. The quantitative estimate of drug-likeness (QED) is 0.837. The van der Waals surface area contributed by atoms with E-state index in [1.165, 1.54) is 6.20 Å². The van der Waals surface area contributed by atoms with Crippen LogP contribution < -0.4 is 0 Å². The number of methoxy groups -OCH3 is 1. The summed E-state index contributed by atoms with van der Waals surface area (Å²) in [5, 5.41) is 0.403. The van der Waals surface area contributed by atoms with Crippen molar-refractivity contribution in [2.75, 3.05) is 31.8 Å². The first-order chi connectivity index (χ1) is 9.24. The summed E-state index contributed by atoms with van der Waals surface area (Å²) in [5.74, 6) is 2.06. The van der Waals surface area contributed by atoms with Gasteiger partial charge in [0.1, 0.15) is 0 Å². The number of hydrogen-bond acceptors (Lipinski definition) is 4. The third-order valence-electron chi connectivity index (χ3n) is 3.15. The van der Waals surface area contributed by atoms with Gasteiger partial charge in [0.15, 0.2) is 0 Å². The Hall–Kier alpha value is -0.780. The van der Waals surface area contributed by atoms with Crippen LogP contribution in [-0.4, -0.2) is 53.6 Å². The molecule has 1 atom stereocenters. The summed E-state index contributed by atoms with van der Waals surface area (Å²) in [7, 11) is 1.64. The summed E-state index contributed by atoms with van der Waals surface area (Å²) in [6, 6.07) is 1.95. The molecule has 0 aromatic carbocycles. The highest BCUT2D eigenvalue weighted by atomic mass is 35.5. The molecule has 1 amide bonds. The lowest BCUT2D eigenvalue weighted by molar-refractivity contribution is 0.0625. The van der Waals surface area contributed by atoms with Gasteiger partial charge < -0.3 is 9.64 Å². The van der Waals surface area contributed by atoms with Crippen molar-refractivity contribution in [3.63, 3.8) is 0 Å². The number of thioether (sulfide) groups is 1. The molecule has 1 aliphatic rings. The molecule has 1 aliphatic heterocycles. The lowest BCUT2D eigenvalue weighted by Crippen LogP contribution is -2.42. The summed E-state index contributed by atoms with van der Waals surface area (Å²) in [6.45, 7) is 1.13. The topological polar surface area (TPSA) is 42.4 Å².